The molecule has 2 aromatic rings. The first-order valence-electron chi connectivity index (χ1n) is 6.55. The number of aromatic nitrogens is 2. The molecular formula is C14H18N4S. The van der Waals surface area contributed by atoms with Gasteiger partial charge in [-0.2, -0.15) is 0 Å². The highest BCUT2D eigenvalue weighted by Gasteiger charge is 2.17. The summed E-state index contributed by atoms with van der Waals surface area (Å²) in [5, 5.41) is 6.71. The Hall–Kier alpha value is -1.46. The average Bonchev–Trinajstić information content (AvgIpc) is 2.69. The van der Waals surface area contributed by atoms with Gasteiger partial charge in [-0.05, 0) is 19.9 Å². The number of hydrogen-bond acceptors (Lipinski definition) is 5. The summed E-state index contributed by atoms with van der Waals surface area (Å²) in [6.45, 7) is 7.79. The van der Waals surface area contributed by atoms with Gasteiger partial charge in [0.05, 0.1) is 17.2 Å². The zero-order valence-corrected chi connectivity index (χ0v) is 12.1. The minimum Gasteiger partial charge on any atom is -0.349 e. The van der Waals surface area contributed by atoms with Gasteiger partial charge in [0.1, 0.15) is 5.82 Å². The topological polar surface area (TPSA) is 41.1 Å². The van der Waals surface area contributed by atoms with E-state index in [1.165, 1.54) is 5.56 Å². The van der Waals surface area contributed by atoms with Crippen molar-refractivity contribution in [1.82, 2.24) is 15.3 Å². The van der Waals surface area contributed by atoms with Crippen molar-refractivity contribution >= 4 is 17.2 Å². The highest BCUT2D eigenvalue weighted by Crippen LogP contribution is 2.22. The normalized spacial score (nSPS) is 15.2. The lowest BCUT2D eigenvalue weighted by molar-refractivity contribution is 0.684. The van der Waals surface area contributed by atoms with E-state index in [9.17, 15) is 0 Å². The smallest absolute Gasteiger partial charge is 0.133 e. The summed E-state index contributed by atoms with van der Waals surface area (Å²) in [4.78, 5) is 11.6. The van der Waals surface area contributed by atoms with Crippen molar-refractivity contribution in [2.45, 2.75) is 26.9 Å². The molecule has 1 aliphatic rings. The van der Waals surface area contributed by atoms with E-state index in [-0.39, 0.29) is 0 Å². The Balaban J connectivity index is 1.91. The standard InChI is InChI=1S/C14H18N4S/c1-10-3-4-12-7-15-5-6-18(14(12)16-10)8-13-9-19-11(2)17-13/h3-4,9,15H,5-8H2,1-2H3. The van der Waals surface area contributed by atoms with E-state index in [2.05, 4.69) is 39.6 Å². The highest BCUT2D eigenvalue weighted by molar-refractivity contribution is 7.09. The van der Waals surface area contributed by atoms with E-state index in [0.29, 0.717) is 0 Å². The molecule has 2 aromatic heterocycles. The van der Waals surface area contributed by atoms with Crippen LogP contribution in [-0.2, 0) is 13.1 Å². The summed E-state index contributed by atoms with van der Waals surface area (Å²) in [6, 6.07) is 4.26. The number of aryl methyl sites for hydroxylation is 2. The van der Waals surface area contributed by atoms with E-state index in [4.69, 9.17) is 4.98 Å². The Bertz CT molecular complexity index is 579. The van der Waals surface area contributed by atoms with E-state index in [0.717, 1.165) is 48.4 Å². The first-order valence-corrected chi connectivity index (χ1v) is 7.43. The van der Waals surface area contributed by atoms with Crippen LogP contribution in [0.1, 0.15) is 22.0 Å². The van der Waals surface area contributed by atoms with Crippen molar-refractivity contribution in [1.29, 1.82) is 0 Å². The van der Waals surface area contributed by atoms with Crippen molar-refractivity contribution in [2.75, 3.05) is 18.0 Å². The molecular weight excluding hydrogens is 256 g/mol. The lowest BCUT2D eigenvalue weighted by Crippen LogP contribution is -2.29. The Labute approximate surface area is 117 Å². The Morgan fingerprint density at radius 2 is 2.21 bits per heavy atom. The van der Waals surface area contributed by atoms with Crippen LogP contribution in [0, 0.1) is 13.8 Å². The Kier molecular flexibility index (Phi) is 3.48. The molecule has 0 saturated carbocycles. The molecule has 0 amide bonds. The van der Waals surface area contributed by atoms with Gasteiger partial charge < -0.3 is 10.2 Å². The minimum absolute atomic E-state index is 0.843. The van der Waals surface area contributed by atoms with E-state index < -0.39 is 0 Å². The summed E-state index contributed by atoms with van der Waals surface area (Å²) in [6.07, 6.45) is 0. The first-order chi connectivity index (χ1) is 9.22. The van der Waals surface area contributed by atoms with Crippen LogP contribution in [0.25, 0.3) is 0 Å². The van der Waals surface area contributed by atoms with Crippen molar-refractivity contribution in [3.8, 4) is 0 Å². The van der Waals surface area contributed by atoms with Crippen molar-refractivity contribution in [3.63, 3.8) is 0 Å². The van der Waals surface area contributed by atoms with Gasteiger partial charge in [0.2, 0.25) is 0 Å². The molecule has 0 aliphatic carbocycles. The second-order valence-corrected chi connectivity index (χ2v) is 5.95. The SMILES string of the molecule is Cc1ccc2c(n1)N(Cc1csc(C)n1)CCNC2. The summed E-state index contributed by atoms with van der Waals surface area (Å²) in [7, 11) is 0. The van der Waals surface area contributed by atoms with Crippen LogP contribution < -0.4 is 10.2 Å². The van der Waals surface area contributed by atoms with Gasteiger partial charge >= 0.3 is 0 Å². The number of fused-ring (bicyclic) bond motifs is 1. The van der Waals surface area contributed by atoms with Crippen LogP contribution in [0.3, 0.4) is 0 Å². The van der Waals surface area contributed by atoms with Gasteiger partial charge in [0.15, 0.2) is 0 Å². The number of hydrogen-bond donors (Lipinski definition) is 1. The van der Waals surface area contributed by atoms with Crippen molar-refractivity contribution < 1.29 is 0 Å². The molecule has 0 unspecified atom stereocenters. The molecule has 0 saturated heterocycles. The van der Waals surface area contributed by atoms with Gasteiger partial charge in [-0.25, -0.2) is 9.97 Å². The molecule has 0 bridgehead atoms. The van der Waals surface area contributed by atoms with Gasteiger partial charge in [-0.1, -0.05) is 6.07 Å². The molecule has 0 aromatic carbocycles. The van der Waals surface area contributed by atoms with Gasteiger partial charge in [-0.3, -0.25) is 0 Å². The van der Waals surface area contributed by atoms with Crippen LogP contribution in [0.4, 0.5) is 5.82 Å². The Morgan fingerprint density at radius 1 is 1.32 bits per heavy atom. The minimum atomic E-state index is 0.843. The van der Waals surface area contributed by atoms with E-state index in [1.807, 2.05) is 6.92 Å². The maximum atomic E-state index is 4.72. The summed E-state index contributed by atoms with van der Waals surface area (Å²) >= 11 is 1.71. The number of pyridine rings is 1. The molecule has 0 radical (unpaired) electrons. The quantitative estimate of drug-likeness (QED) is 0.912. The molecule has 1 N–H and O–H groups in total. The third kappa shape index (κ3) is 2.77. The Morgan fingerprint density at radius 3 is 3.00 bits per heavy atom. The molecule has 0 atom stereocenters. The highest BCUT2D eigenvalue weighted by atomic mass is 32.1. The molecule has 0 spiro atoms. The third-order valence-electron chi connectivity index (χ3n) is 3.29. The fraction of sp³-hybridized carbons (Fsp3) is 0.429. The first kappa shape index (κ1) is 12.6. The molecule has 0 fully saturated rings. The maximum absolute atomic E-state index is 4.72. The average molecular weight is 274 g/mol. The van der Waals surface area contributed by atoms with E-state index in [1.54, 1.807) is 11.3 Å². The van der Waals surface area contributed by atoms with Crippen molar-refractivity contribution in [2.24, 2.45) is 0 Å². The lowest BCUT2D eigenvalue weighted by Gasteiger charge is -2.22. The summed E-state index contributed by atoms with van der Waals surface area (Å²) in [5.74, 6) is 1.11. The molecule has 19 heavy (non-hydrogen) atoms. The lowest BCUT2D eigenvalue weighted by atomic mass is 10.2. The second-order valence-electron chi connectivity index (χ2n) is 4.89. The molecule has 100 valence electrons. The molecule has 1 aliphatic heterocycles. The number of nitrogens with zero attached hydrogens (tertiary/aromatic N) is 3. The number of nitrogens with one attached hydrogen (secondary N) is 1. The van der Waals surface area contributed by atoms with Crippen LogP contribution in [0.15, 0.2) is 17.5 Å². The van der Waals surface area contributed by atoms with Gasteiger partial charge in [0, 0.05) is 36.3 Å². The molecule has 3 heterocycles. The van der Waals surface area contributed by atoms with Crippen molar-refractivity contribution in [3.05, 3.63) is 39.5 Å². The molecule has 3 rings (SSSR count). The predicted molar refractivity (Wildman–Crippen MR) is 78.6 cm³/mol. The largest absolute Gasteiger partial charge is 0.349 e. The molecule has 5 heteroatoms. The van der Waals surface area contributed by atoms with Gasteiger partial charge in [-0.15, -0.1) is 11.3 Å². The van der Waals surface area contributed by atoms with E-state index >= 15 is 0 Å². The fourth-order valence-electron chi connectivity index (χ4n) is 2.36. The number of rotatable bonds is 2. The maximum Gasteiger partial charge on any atom is 0.133 e. The zero-order valence-electron chi connectivity index (χ0n) is 11.3. The van der Waals surface area contributed by atoms with Crippen LogP contribution in [-0.4, -0.2) is 23.1 Å². The number of thiazole rings is 1. The zero-order chi connectivity index (χ0) is 13.2. The second kappa shape index (κ2) is 5.27. The third-order valence-corrected chi connectivity index (χ3v) is 4.11. The van der Waals surface area contributed by atoms with Crippen LogP contribution in [0.5, 0.6) is 0 Å². The van der Waals surface area contributed by atoms with Crippen LogP contribution in [0.2, 0.25) is 0 Å². The van der Waals surface area contributed by atoms with Crippen LogP contribution >= 0.6 is 11.3 Å². The predicted octanol–water partition coefficient (Wildman–Crippen LogP) is 2.26. The number of anilines is 1. The van der Waals surface area contributed by atoms with Gasteiger partial charge in [0.25, 0.3) is 0 Å². The fourth-order valence-corrected chi connectivity index (χ4v) is 2.96. The summed E-state index contributed by atoms with van der Waals surface area (Å²) in [5.41, 5.74) is 3.48. The monoisotopic (exact) mass is 274 g/mol. The summed E-state index contributed by atoms with van der Waals surface area (Å²) < 4.78 is 0. The molecule has 4 nitrogen and oxygen atoms in total.